The standard InChI is InChI=1S/C12H20O2/c1-8(2)10-5-6-11(13)12(14,7-10)9(3)4/h5-9,11,13-14H,1-4H3. The smallest absolute Gasteiger partial charge is 0.115 e. The lowest BCUT2D eigenvalue weighted by Gasteiger charge is -2.36. The molecule has 0 radical (unpaired) electrons. The van der Waals surface area contributed by atoms with Gasteiger partial charge in [-0.05, 0) is 23.5 Å². The zero-order valence-corrected chi connectivity index (χ0v) is 9.36. The van der Waals surface area contributed by atoms with Crippen molar-refractivity contribution in [2.24, 2.45) is 11.8 Å². The van der Waals surface area contributed by atoms with Gasteiger partial charge in [0.1, 0.15) is 11.7 Å². The molecule has 0 saturated carbocycles. The van der Waals surface area contributed by atoms with Crippen LogP contribution in [-0.2, 0) is 0 Å². The topological polar surface area (TPSA) is 40.5 Å². The SMILES string of the molecule is CC(C)C1=CC(O)(C(C)C)C(O)C=C1. The quantitative estimate of drug-likeness (QED) is 0.708. The van der Waals surface area contributed by atoms with Gasteiger partial charge in [-0.1, -0.05) is 39.8 Å². The molecule has 1 aliphatic carbocycles. The maximum absolute atomic E-state index is 10.3. The molecule has 0 heterocycles. The van der Waals surface area contributed by atoms with Crippen LogP contribution in [0.3, 0.4) is 0 Å². The lowest BCUT2D eigenvalue weighted by molar-refractivity contribution is -0.0490. The van der Waals surface area contributed by atoms with E-state index in [9.17, 15) is 10.2 Å². The first kappa shape index (κ1) is 11.5. The molecule has 0 aromatic heterocycles. The number of aliphatic hydroxyl groups excluding tert-OH is 1. The summed E-state index contributed by atoms with van der Waals surface area (Å²) in [4.78, 5) is 0. The van der Waals surface area contributed by atoms with E-state index >= 15 is 0 Å². The molecule has 0 saturated heterocycles. The number of aliphatic hydroxyl groups is 2. The van der Waals surface area contributed by atoms with Gasteiger partial charge in [-0.25, -0.2) is 0 Å². The summed E-state index contributed by atoms with van der Waals surface area (Å²) in [7, 11) is 0. The van der Waals surface area contributed by atoms with Crippen molar-refractivity contribution in [1.29, 1.82) is 0 Å². The van der Waals surface area contributed by atoms with E-state index < -0.39 is 11.7 Å². The highest BCUT2D eigenvalue weighted by Crippen LogP contribution is 2.31. The second kappa shape index (κ2) is 3.87. The lowest BCUT2D eigenvalue weighted by atomic mass is 9.78. The third-order valence-corrected chi connectivity index (χ3v) is 2.93. The Morgan fingerprint density at radius 1 is 1.29 bits per heavy atom. The first-order chi connectivity index (χ1) is 6.38. The Morgan fingerprint density at radius 3 is 2.29 bits per heavy atom. The third kappa shape index (κ3) is 1.91. The van der Waals surface area contributed by atoms with Crippen LogP contribution in [0.5, 0.6) is 0 Å². The van der Waals surface area contributed by atoms with Crippen molar-refractivity contribution >= 4 is 0 Å². The van der Waals surface area contributed by atoms with Crippen molar-refractivity contribution in [3.05, 3.63) is 23.8 Å². The predicted molar refractivity (Wildman–Crippen MR) is 57.9 cm³/mol. The molecule has 0 fully saturated rings. The van der Waals surface area contributed by atoms with Crippen LogP contribution in [0.25, 0.3) is 0 Å². The fourth-order valence-corrected chi connectivity index (χ4v) is 1.62. The molecule has 2 heteroatoms. The van der Waals surface area contributed by atoms with Crippen molar-refractivity contribution in [2.75, 3.05) is 0 Å². The van der Waals surface area contributed by atoms with E-state index in [0.717, 1.165) is 5.57 Å². The van der Waals surface area contributed by atoms with Gasteiger partial charge in [0.2, 0.25) is 0 Å². The number of hydrogen-bond acceptors (Lipinski definition) is 2. The zero-order chi connectivity index (χ0) is 10.9. The molecule has 0 bridgehead atoms. The van der Waals surface area contributed by atoms with Crippen LogP contribution in [-0.4, -0.2) is 21.9 Å². The van der Waals surface area contributed by atoms with E-state index in [1.165, 1.54) is 0 Å². The normalized spacial score (nSPS) is 32.6. The van der Waals surface area contributed by atoms with Gasteiger partial charge in [-0.3, -0.25) is 0 Å². The van der Waals surface area contributed by atoms with E-state index in [4.69, 9.17) is 0 Å². The molecular formula is C12H20O2. The van der Waals surface area contributed by atoms with Crippen LogP contribution in [0, 0.1) is 11.8 Å². The Balaban J connectivity index is 3.02. The number of rotatable bonds is 2. The molecule has 0 aromatic carbocycles. The molecule has 0 amide bonds. The summed E-state index contributed by atoms with van der Waals surface area (Å²) in [5.41, 5.74) is -0.0135. The van der Waals surface area contributed by atoms with Crippen molar-refractivity contribution in [3.63, 3.8) is 0 Å². The van der Waals surface area contributed by atoms with Crippen LogP contribution in [0.15, 0.2) is 23.8 Å². The Hall–Kier alpha value is -0.600. The minimum absolute atomic E-state index is 0.0104. The monoisotopic (exact) mass is 196 g/mol. The van der Waals surface area contributed by atoms with E-state index in [2.05, 4.69) is 13.8 Å². The highest BCUT2D eigenvalue weighted by Gasteiger charge is 2.37. The zero-order valence-electron chi connectivity index (χ0n) is 9.36. The maximum Gasteiger partial charge on any atom is 0.115 e. The Bertz CT molecular complexity index is 263. The second-order valence-electron chi connectivity index (χ2n) is 4.64. The molecular weight excluding hydrogens is 176 g/mol. The van der Waals surface area contributed by atoms with Crippen molar-refractivity contribution in [3.8, 4) is 0 Å². The van der Waals surface area contributed by atoms with Gasteiger partial charge in [0.05, 0.1) is 0 Å². The lowest BCUT2D eigenvalue weighted by Crippen LogP contribution is -2.46. The molecule has 2 nitrogen and oxygen atoms in total. The van der Waals surface area contributed by atoms with Gasteiger partial charge >= 0.3 is 0 Å². The van der Waals surface area contributed by atoms with Crippen molar-refractivity contribution in [2.45, 2.75) is 39.4 Å². The fraction of sp³-hybridized carbons (Fsp3) is 0.667. The van der Waals surface area contributed by atoms with Gasteiger partial charge in [0, 0.05) is 0 Å². The highest BCUT2D eigenvalue weighted by molar-refractivity contribution is 5.33. The summed E-state index contributed by atoms with van der Waals surface area (Å²) in [6.45, 7) is 7.98. The second-order valence-corrected chi connectivity index (χ2v) is 4.64. The van der Waals surface area contributed by atoms with Crippen molar-refractivity contribution in [1.82, 2.24) is 0 Å². The average Bonchev–Trinajstić information content (AvgIpc) is 2.09. The molecule has 1 aliphatic rings. The molecule has 1 rings (SSSR count). The van der Waals surface area contributed by atoms with Crippen LogP contribution >= 0.6 is 0 Å². The number of hydrogen-bond donors (Lipinski definition) is 2. The highest BCUT2D eigenvalue weighted by atomic mass is 16.3. The summed E-state index contributed by atoms with van der Waals surface area (Å²) in [5.74, 6) is 0.389. The molecule has 2 atom stereocenters. The van der Waals surface area contributed by atoms with Gasteiger partial charge in [-0.2, -0.15) is 0 Å². The van der Waals surface area contributed by atoms with Crippen LogP contribution in [0.2, 0.25) is 0 Å². The summed E-state index contributed by atoms with van der Waals surface area (Å²) >= 11 is 0. The maximum atomic E-state index is 10.3. The van der Waals surface area contributed by atoms with Gasteiger partial charge in [0.15, 0.2) is 0 Å². The van der Waals surface area contributed by atoms with E-state index in [1.807, 2.05) is 19.9 Å². The molecule has 0 spiro atoms. The number of allylic oxidation sites excluding steroid dienone is 2. The van der Waals surface area contributed by atoms with Gasteiger partial charge < -0.3 is 10.2 Å². The molecule has 14 heavy (non-hydrogen) atoms. The average molecular weight is 196 g/mol. The van der Waals surface area contributed by atoms with Crippen LogP contribution in [0.4, 0.5) is 0 Å². The fourth-order valence-electron chi connectivity index (χ4n) is 1.62. The van der Waals surface area contributed by atoms with E-state index in [-0.39, 0.29) is 5.92 Å². The van der Waals surface area contributed by atoms with Crippen LogP contribution in [0.1, 0.15) is 27.7 Å². The molecule has 0 aromatic rings. The van der Waals surface area contributed by atoms with Gasteiger partial charge in [0.25, 0.3) is 0 Å². The molecule has 0 aliphatic heterocycles. The first-order valence-electron chi connectivity index (χ1n) is 5.19. The van der Waals surface area contributed by atoms with E-state index in [0.29, 0.717) is 5.92 Å². The Kier molecular flexibility index (Phi) is 3.17. The minimum atomic E-state index is -1.10. The first-order valence-corrected chi connectivity index (χ1v) is 5.19. The summed E-state index contributed by atoms with van der Waals surface area (Å²) in [6, 6.07) is 0. The summed E-state index contributed by atoms with van der Waals surface area (Å²) < 4.78 is 0. The third-order valence-electron chi connectivity index (χ3n) is 2.93. The minimum Gasteiger partial charge on any atom is -0.386 e. The summed E-state index contributed by atoms with van der Waals surface area (Å²) in [5, 5.41) is 20.0. The Morgan fingerprint density at radius 2 is 1.86 bits per heavy atom. The molecule has 2 N–H and O–H groups in total. The Labute approximate surface area is 86.0 Å². The van der Waals surface area contributed by atoms with Gasteiger partial charge in [-0.15, -0.1) is 0 Å². The predicted octanol–water partition coefficient (Wildman–Crippen LogP) is 1.89. The van der Waals surface area contributed by atoms with Crippen LogP contribution < -0.4 is 0 Å². The molecule has 2 unspecified atom stereocenters. The van der Waals surface area contributed by atoms with E-state index in [1.54, 1.807) is 12.2 Å². The summed E-state index contributed by atoms with van der Waals surface area (Å²) in [6.07, 6.45) is 4.58. The largest absolute Gasteiger partial charge is 0.386 e. The van der Waals surface area contributed by atoms with Crippen molar-refractivity contribution < 1.29 is 10.2 Å². The molecule has 80 valence electrons.